The molecule has 0 saturated carbocycles. The van der Waals surface area contributed by atoms with E-state index >= 15 is 0 Å². The van der Waals surface area contributed by atoms with Crippen molar-refractivity contribution < 1.29 is 9.26 Å². The topological polar surface area (TPSA) is 63.4 Å². The monoisotopic (exact) mass is 298 g/mol. The lowest BCUT2D eigenvalue weighted by molar-refractivity contribution is 0.121. The minimum atomic E-state index is 0.342. The lowest BCUT2D eigenvalue weighted by Gasteiger charge is -2.24. The smallest absolute Gasteiger partial charge is 0.266 e. The molecule has 3 rings (SSSR count). The van der Waals surface area contributed by atoms with Crippen molar-refractivity contribution in [1.82, 2.24) is 15.5 Å². The van der Waals surface area contributed by atoms with Gasteiger partial charge in [0, 0.05) is 30.6 Å². The molecule has 20 heavy (non-hydrogen) atoms. The zero-order valence-electron chi connectivity index (χ0n) is 11.9. The molecule has 2 fully saturated rings. The molecule has 2 aliphatic heterocycles. The Morgan fingerprint density at radius 3 is 3.00 bits per heavy atom. The maximum atomic E-state index is 5.52. The molecule has 3 heterocycles. The largest absolute Gasteiger partial charge is 0.378 e. The number of thioether (sulfide) groups is 1. The number of nitrogens with one attached hydrogen (secondary N) is 1. The molecule has 2 saturated heterocycles. The van der Waals surface area contributed by atoms with Gasteiger partial charge >= 0.3 is 0 Å². The van der Waals surface area contributed by atoms with Crippen LogP contribution in [-0.2, 0) is 4.74 Å². The van der Waals surface area contributed by atoms with Crippen molar-refractivity contribution in [2.75, 3.05) is 49.3 Å². The predicted molar refractivity (Wildman–Crippen MR) is 79.5 cm³/mol. The highest BCUT2D eigenvalue weighted by Crippen LogP contribution is 2.32. The van der Waals surface area contributed by atoms with Gasteiger partial charge < -0.3 is 19.5 Å². The molecule has 0 radical (unpaired) electrons. The standard InChI is InChI=1S/C13H22N4O2S/c1-2-3-14-11-9-20-8-10(11)12-15-13(16-19-12)17-4-6-18-7-5-17/h10-11,14H,2-9H2,1H3. The van der Waals surface area contributed by atoms with E-state index in [1.807, 2.05) is 11.8 Å². The minimum Gasteiger partial charge on any atom is -0.378 e. The number of morpholine rings is 1. The van der Waals surface area contributed by atoms with Crippen LogP contribution in [-0.4, -0.2) is 60.5 Å². The van der Waals surface area contributed by atoms with Crippen LogP contribution in [0.5, 0.6) is 0 Å². The molecule has 0 aliphatic carbocycles. The summed E-state index contributed by atoms with van der Waals surface area (Å²) in [6.45, 7) is 6.40. The number of anilines is 1. The van der Waals surface area contributed by atoms with E-state index in [0.29, 0.717) is 12.0 Å². The van der Waals surface area contributed by atoms with Crippen molar-refractivity contribution in [3.8, 4) is 0 Å². The van der Waals surface area contributed by atoms with Gasteiger partial charge in [-0.05, 0) is 18.1 Å². The summed E-state index contributed by atoms with van der Waals surface area (Å²) >= 11 is 1.96. The first-order valence-electron chi connectivity index (χ1n) is 7.36. The molecule has 2 unspecified atom stereocenters. The lowest BCUT2D eigenvalue weighted by atomic mass is 10.0. The molecule has 1 aromatic heterocycles. The van der Waals surface area contributed by atoms with Crippen LogP contribution in [0.3, 0.4) is 0 Å². The van der Waals surface area contributed by atoms with Crippen LogP contribution in [0, 0.1) is 0 Å². The number of rotatable bonds is 5. The van der Waals surface area contributed by atoms with Crippen LogP contribution in [0.1, 0.15) is 25.2 Å². The summed E-state index contributed by atoms with van der Waals surface area (Å²) < 4.78 is 10.9. The Hall–Kier alpha value is -0.790. The van der Waals surface area contributed by atoms with Crippen LogP contribution >= 0.6 is 11.8 Å². The Morgan fingerprint density at radius 2 is 2.20 bits per heavy atom. The third-order valence-electron chi connectivity index (χ3n) is 3.78. The minimum absolute atomic E-state index is 0.342. The van der Waals surface area contributed by atoms with E-state index < -0.39 is 0 Å². The average molecular weight is 298 g/mol. The molecule has 0 spiro atoms. The van der Waals surface area contributed by atoms with E-state index in [4.69, 9.17) is 9.26 Å². The number of hydrogen-bond donors (Lipinski definition) is 1. The molecule has 2 atom stereocenters. The zero-order chi connectivity index (χ0) is 13.8. The highest BCUT2D eigenvalue weighted by atomic mass is 32.2. The number of aromatic nitrogens is 2. The van der Waals surface area contributed by atoms with Crippen molar-refractivity contribution in [2.24, 2.45) is 0 Å². The molecule has 0 amide bonds. The Kier molecular flexibility index (Phi) is 4.80. The molecular weight excluding hydrogens is 276 g/mol. The molecule has 2 aliphatic rings. The second-order valence-corrected chi connectivity index (χ2v) is 6.31. The van der Waals surface area contributed by atoms with Gasteiger partial charge in [0.15, 0.2) is 0 Å². The first-order valence-corrected chi connectivity index (χ1v) is 8.51. The maximum Gasteiger partial charge on any atom is 0.266 e. The van der Waals surface area contributed by atoms with Gasteiger partial charge in [-0.2, -0.15) is 16.7 Å². The third-order valence-corrected chi connectivity index (χ3v) is 4.97. The molecule has 1 aromatic rings. The second-order valence-electron chi connectivity index (χ2n) is 5.24. The summed E-state index contributed by atoms with van der Waals surface area (Å²) in [5.41, 5.74) is 0. The Bertz CT molecular complexity index is 422. The van der Waals surface area contributed by atoms with Gasteiger partial charge in [0.25, 0.3) is 5.95 Å². The molecule has 112 valence electrons. The first kappa shape index (κ1) is 14.2. The zero-order valence-corrected chi connectivity index (χ0v) is 12.7. The Labute approximate surface area is 123 Å². The van der Waals surface area contributed by atoms with Crippen molar-refractivity contribution in [2.45, 2.75) is 25.3 Å². The van der Waals surface area contributed by atoms with Gasteiger partial charge in [0.2, 0.25) is 5.89 Å². The van der Waals surface area contributed by atoms with Crippen LogP contribution in [0.2, 0.25) is 0 Å². The van der Waals surface area contributed by atoms with E-state index in [9.17, 15) is 0 Å². The quantitative estimate of drug-likeness (QED) is 0.873. The highest BCUT2D eigenvalue weighted by Gasteiger charge is 2.33. The van der Waals surface area contributed by atoms with E-state index in [0.717, 1.165) is 62.6 Å². The number of hydrogen-bond acceptors (Lipinski definition) is 7. The van der Waals surface area contributed by atoms with Crippen molar-refractivity contribution in [1.29, 1.82) is 0 Å². The van der Waals surface area contributed by atoms with Crippen molar-refractivity contribution >= 4 is 17.7 Å². The summed E-state index contributed by atoms with van der Waals surface area (Å²) in [6, 6.07) is 0.456. The van der Waals surface area contributed by atoms with Gasteiger partial charge in [-0.1, -0.05) is 6.92 Å². The summed E-state index contributed by atoms with van der Waals surface area (Å²) in [7, 11) is 0. The van der Waals surface area contributed by atoms with Crippen LogP contribution in [0.25, 0.3) is 0 Å². The molecule has 6 nitrogen and oxygen atoms in total. The molecule has 0 bridgehead atoms. The van der Waals surface area contributed by atoms with Gasteiger partial charge in [-0.15, -0.1) is 0 Å². The van der Waals surface area contributed by atoms with E-state index in [2.05, 4.69) is 27.3 Å². The van der Waals surface area contributed by atoms with Crippen LogP contribution < -0.4 is 10.2 Å². The Balaban J connectivity index is 1.65. The summed E-state index contributed by atoms with van der Waals surface area (Å²) in [5.74, 6) is 4.03. The molecule has 0 aromatic carbocycles. The lowest BCUT2D eigenvalue weighted by Crippen LogP contribution is -2.37. The average Bonchev–Trinajstić information content (AvgIpc) is 3.14. The van der Waals surface area contributed by atoms with Gasteiger partial charge in [-0.3, -0.25) is 0 Å². The summed E-state index contributed by atoms with van der Waals surface area (Å²) in [5, 5.41) is 7.73. The molecular formula is C13H22N4O2S. The number of ether oxygens (including phenoxy) is 1. The fourth-order valence-electron chi connectivity index (χ4n) is 2.60. The van der Waals surface area contributed by atoms with E-state index in [1.165, 1.54) is 0 Å². The Morgan fingerprint density at radius 1 is 1.35 bits per heavy atom. The fraction of sp³-hybridized carbons (Fsp3) is 0.846. The van der Waals surface area contributed by atoms with Gasteiger partial charge in [0.1, 0.15) is 0 Å². The third kappa shape index (κ3) is 3.10. The van der Waals surface area contributed by atoms with Gasteiger partial charge in [-0.25, -0.2) is 0 Å². The summed E-state index contributed by atoms with van der Waals surface area (Å²) in [4.78, 5) is 6.75. The summed E-state index contributed by atoms with van der Waals surface area (Å²) in [6.07, 6.45) is 1.15. The van der Waals surface area contributed by atoms with Crippen LogP contribution in [0.4, 0.5) is 5.95 Å². The second kappa shape index (κ2) is 6.78. The molecule has 7 heteroatoms. The number of nitrogens with zero attached hydrogens (tertiary/aromatic N) is 3. The first-order chi connectivity index (χ1) is 9.88. The van der Waals surface area contributed by atoms with Crippen molar-refractivity contribution in [3.63, 3.8) is 0 Å². The van der Waals surface area contributed by atoms with Crippen LogP contribution in [0.15, 0.2) is 4.52 Å². The van der Waals surface area contributed by atoms with Crippen molar-refractivity contribution in [3.05, 3.63) is 5.89 Å². The SMILES string of the molecule is CCCNC1CSCC1c1nc(N2CCOCC2)no1. The fourth-order valence-corrected chi connectivity index (χ4v) is 3.97. The predicted octanol–water partition coefficient (Wildman–Crippen LogP) is 1.10. The normalized spacial score (nSPS) is 27.1. The maximum absolute atomic E-state index is 5.52. The van der Waals surface area contributed by atoms with Gasteiger partial charge in [0.05, 0.1) is 19.1 Å². The van der Waals surface area contributed by atoms with E-state index in [-0.39, 0.29) is 0 Å². The molecule has 1 N–H and O–H groups in total. The highest BCUT2D eigenvalue weighted by molar-refractivity contribution is 7.99. The van der Waals surface area contributed by atoms with E-state index in [1.54, 1.807) is 0 Å².